The average Bonchev–Trinajstić information content (AvgIpc) is 2.26. The molecule has 2 heteroatoms. The van der Waals surface area contributed by atoms with E-state index in [1.54, 1.807) is 13.8 Å². The molecule has 0 saturated heterocycles. The summed E-state index contributed by atoms with van der Waals surface area (Å²) in [6.45, 7) is 5.55. The van der Waals surface area contributed by atoms with Crippen LogP contribution in [0.4, 0.5) is 0 Å². The topological polar surface area (TPSA) is 46.2 Å². The summed E-state index contributed by atoms with van der Waals surface area (Å²) in [6, 6.07) is 12.1. The van der Waals surface area contributed by atoms with Gasteiger partial charge in [0, 0.05) is 0 Å². The number of hydrogen-bond acceptors (Lipinski definition) is 2. The zero-order valence-electron chi connectivity index (χ0n) is 10.6. The normalized spacial score (nSPS) is 13.9. The van der Waals surface area contributed by atoms with E-state index in [2.05, 4.69) is 37.3 Å². The molecule has 2 nitrogen and oxygen atoms in total. The Kier molecular flexibility index (Phi) is 2.94. The summed E-state index contributed by atoms with van der Waals surface area (Å²) in [6.07, 6.45) is 0. The smallest absolute Gasteiger partial charge is 0.0783 e. The lowest BCUT2D eigenvalue weighted by molar-refractivity contribution is 0.0518. The Morgan fingerprint density at radius 2 is 1.65 bits per heavy atom. The molecule has 1 unspecified atom stereocenters. The second-order valence-corrected chi connectivity index (χ2v) is 5.24. The molecule has 0 aliphatic rings. The Labute approximate surface area is 102 Å². The zero-order chi connectivity index (χ0) is 12.6. The maximum absolute atomic E-state index is 9.93. The molecule has 2 rings (SSSR count). The van der Waals surface area contributed by atoms with Gasteiger partial charge in [-0.05, 0) is 43.2 Å². The molecule has 0 aliphatic heterocycles. The van der Waals surface area contributed by atoms with E-state index in [4.69, 9.17) is 5.73 Å². The Bertz CT molecular complexity index is 540. The van der Waals surface area contributed by atoms with Crippen LogP contribution >= 0.6 is 0 Å². The van der Waals surface area contributed by atoms with Crippen LogP contribution in [0.1, 0.15) is 31.0 Å². The van der Waals surface area contributed by atoms with Crippen LogP contribution in [0.3, 0.4) is 0 Å². The molecule has 2 aromatic rings. The van der Waals surface area contributed by atoms with Gasteiger partial charge in [-0.2, -0.15) is 0 Å². The molecule has 0 spiro atoms. The minimum Gasteiger partial charge on any atom is -0.388 e. The molecule has 0 fully saturated rings. The fraction of sp³-hybridized carbons (Fsp3) is 0.333. The van der Waals surface area contributed by atoms with E-state index < -0.39 is 5.60 Å². The predicted octanol–water partition coefficient (Wildman–Crippen LogP) is 2.92. The van der Waals surface area contributed by atoms with E-state index >= 15 is 0 Å². The molecule has 0 saturated carbocycles. The lowest BCUT2D eigenvalue weighted by Crippen LogP contribution is -2.34. The number of nitrogens with two attached hydrogens (primary N) is 1. The predicted molar refractivity (Wildman–Crippen MR) is 71.9 cm³/mol. The molecule has 0 bridgehead atoms. The largest absolute Gasteiger partial charge is 0.388 e. The van der Waals surface area contributed by atoms with Gasteiger partial charge in [0.15, 0.2) is 0 Å². The van der Waals surface area contributed by atoms with Crippen LogP contribution in [-0.2, 0) is 0 Å². The maximum atomic E-state index is 9.93. The van der Waals surface area contributed by atoms with Crippen LogP contribution in [0.15, 0.2) is 36.4 Å². The van der Waals surface area contributed by atoms with Crippen molar-refractivity contribution in [3.63, 3.8) is 0 Å². The molecule has 1 atom stereocenters. The quantitative estimate of drug-likeness (QED) is 0.831. The van der Waals surface area contributed by atoms with Gasteiger partial charge in [-0.3, -0.25) is 0 Å². The second kappa shape index (κ2) is 4.13. The molecule has 2 aromatic carbocycles. The molecular weight excluding hydrogens is 210 g/mol. The van der Waals surface area contributed by atoms with Gasteiger partial charge in [0.25, 0.3) is 0 Å². The maximum Gasteiger partial charge on any atom is 0.0783 e. The van der Waals surface area contributed by atoms with Crippen molar-refractivity contribution < 1.29 is 5.11 Å². The number of fused-ring (bicyclic) bond motifs is 1. The molecule has 0 aromatic heterocycles. The van der Waals surface area contributed by atoms with Crippen molar-refractivity contribution in [2.24, 2.45) is 5.73 Å². The lowest BCUT2D eigenvalue weighted by atomic mass is 9.91. The van der Waals surface area contributed by atoms with Gasteiger partial charge in [-0.15, -0.1) is 0 Å². The Hall–Kier alpha value is -1.38. The van der Waals surface area contributed by atoms with E-state index in [9.17, 15) is 5.11 Å². The fourth-order valence-electron chi connectivity index (χ4n) is 1.98. The van der Waals surface area contributed by atoms with Gasteiger partial charge in [0.1, 0.15) is 0 Å². The molecule has 0 amide bonds. The molecule has 17 heavy (non-hydrogen) atoms. The number of hydrogen-bond donors (Lipinski definition) is 2. The second-order valence-electron chi connectivity index (χ2n) is 5.24. The van der Waals surface area contributed by atoms with Crippen molar-refractivity contribution in [1.82, 2.24) is 0 Å². The zero-order valence-corrected chi connectivity index (χ0v) is 10.6. The van der Waals surface area contributed by atoms with Crippen molar-refractivity contribution in [3.8, 4) is 0 Å². The highest BCUT2D eigenvalue weighted by atomic mass is 16.3. The van der Waals surface area contributed by atoms with E-state index in [1.165, 1.54) is 10.9 Å². The van der Waals surface area contributed by atoms with Crippen LogP contribution in [0.25, 0.3) is 10.8 Å². The minimum absolute atomic E-state index is 0.367. The van der Waals surface area contributed by atoms with Crippen molar-refractivity contribution in [2.45, 2.75) is 32.4 Å². The van der Waals surface area contributed by atoms with E-state index in [-0.39, 0.29) is 6.04 Å². The summed E-state index contributed by atoms with van der Waals surface area (Å²) in [4.78, 5) is 0. The molecular formula is C15H19NO. The van der Waals surface area contributed by atoms with Gasteiger partial charge in [-0.25, -0.2) is 0 Å². The first-order valence-corrected chi connectivity index (χ1v) is 5.86. The summed E-state index contributed by atoms with van der Waals surface area (Å²) in [5, 5.41) is 12.3. The van der Waals surface area contributed by atoms with Crippen LogP contribution in [-0.4, -0.2) is 10.7 Å². The third-order valence-corrected chi connectivity index (χ3v) is 3.14. The summed E-state index contributed by atoms with van der Waals surface area (Å²) in [7, 11) is 0. The number of aryl methyl sites for hydroxylation is 1. The van der Waals surface area contributed by atoms with Crippen LogP contribution in [0.5, 0.6) is 0 Å². The molecule has 3 N–H and O–H groups in total. The standard InChI is InChI=1S/C15H19NO/c1-10-4-5-12-9-13(7-6-11(12)8-10)14(16)15(2,3)17/h4-9,14,17H,16H2,1-3H3. The SMILES string of the molecule is Cc1ccc2cc(C(N)C(C)(C)O)ccc2c1. The van der Waals surface area contributed by atoms with E-state index in [0.717, 1.165) is 10.9 Å². The number of rotatable bonds is 2. The average molecular weight is 229 g/mol. The Morgan fingerprint density at radius 1 is 1.06 bits per heavy atom. The monoisotopic (exact) mass is 229 g/mol. The summed E-state index contributed by atoms with van der Waals surface area (Å²) < 4.78 is 0. The fourth-order valence-corrected chi connectivity index (χ4v) is 1.98. The lowest BCUT2D eigenvalue weighted by Gasteiger charge is -2.26. The van der Waals surface area contributed by atoms with E-state index in [0.29, 0.717) is 0 Å². The van der Waals surface area contributed by atoms with Gasteiger partial charge >= 0.3 is 0 Å². The van der Waals surface area contributed by atoms with Gasteiger partial charge < -0.3 is 10.8 Å². The highest BCUT2D eigenvalue weighted by molar-refractivity contribution is 5.83. The molecule has 0 radical (unpaired) electrons. The van der Waals surface area contributed by atoms with Crippen molar-refractivity contribution >= 4 is 10.8 Å². The minimum atomic E-state index is -0.904. The van der Waals surface area contributed by atoms with Crippen LogP contribution in [0, 0.1) is 6.92 Å². The first-order valence-electron chi connectivity index (χ1n) is 5.86. The highest BCUT2D eigenvalue weighted by Crippen LogP contribution is 2.26. The van der Waals surface area contributed by atoms with Gasteiger partial charge in [0.05, 0.1) is 11.6 Å². The first kappa shape index (κ1) is 12.1. The molecule has 0 aliphatic carbocycles. The summed E-state index contributed by atoms with van der Waals surface area (Å²) >= 11 is 0. The van der Waals surface area contributed by atoms with E-state index in [1.807, 2.05) is 6.07 Å². The van der Waals surface area contributed by atoms with Gasteiger partial charge in [-0.1, -0.05) is 35.9 Å². The van der Waals surface area contributed by atoms with Crippen LogP contribution in [0.2, 0.25) is 0 Å². The molecule has 0 heterocycles. The Morgan fingerprint density at radius 3 is 2.29 bits per heavy atom. The van der Waals surface area contributed by atoms with Crippen LogP contribution < -0.4 is 5.73 Å². The first-order chi connectivity index (χ1) is 7.88. The van der Waals surface area contributed by atoms with Crippen molar-refractivity contribution in [2.75, 3.05) is 0 Å². The summed E-state index contributed by atoms with van der Waals surface area (Å²) in [5.74, 6) is 0. The third kappa shape index (κ3) is 2.48. The Balaban J connectivity index is 2.48. The van der Waals surface area contributed by atoms with Crippen molar-refractivity contribution in [3.05, 3.63) is 47.5 Å². The summed E-state index contributed by atoms with van der Waals surface area (Å²) in [5.41, 5.74) is 7.35. The third-order valence-electron chi connectivity index (χ3n) is 3.14. The van der Waals surface area contributed by atoms with Crippen molar-refractivity contribution in [1.29, 1.82) is 0 Å². The number of aliphatic hydroxyl groups is 1. The molecule has 90 valence electrons. The number of benzene rings is 2. The highest BCUT2D eigenvalue weighted by Gasteiger charge is 2.24. The van der Waals surface area contributed by atoms with Gasteiger partial charge in [0.2, 0.25) is 0 Å².